The number of nitrogens with zero attached hydrogens (tertiary/aromatic N) is 2. The van der Waals surface area contributed by atoms with Crippen molar-refractivity contribution in [3.8, 4) is 5.75 Å². The number of methoxy groups -OCH3 is 1. The number of carbonyl (C=O) groups is 2. The Labute approximate surface area is 231 Å². The molecule has 2 aromatic carbocycles. The topological polar surface area (TPSA) is 117 Å². The molecule has 0 spiro atoms. The van der Waals surface area contributed by atoms with Crippen molar-refractivity contribution in [2.24, 2.45) is 0 Å². The fourth-order valence-corrected chi connectivity index (χ4v) is 4.63. The maximum atomic E-state index is 14.0. The van der Waals surface area contributed by atoms with Gasteiger partial charge < -0.3 is 24.8 Å². The predicted molar refractivity (Wildman–Crippen MR) is 146 cm³/mol. The maximum absolute atomic E-state index is 14.0. The van der Waals surface area contributed by atoms with Gasteiger partial charge in [0.05, 0.1) is 35.8 Å². The fraction of sp³-hybridized carbons (Fsp3) is 0.414. The summed E-state index contributed by atoms with van der Waals surface area (Å²) in [6.07, 6.45) is 3.73. The lowest BCUT2D eigenvalue weighted by molar-refractivity contribution is -0.0556. The Morgan fingerprint density at radius 3 is 2.67 bits per heavy atom. The van der Waals surface area contributed by atoms with Crippen molar-refractivity contribution < 1.29 is 33.0 Å². The average molecular weight is 557 g/mol. The number of rotatable bonds is 7. The number of amides is 2. The Balaban J connectivity index is 1.66. The van der Waals surface area contributed by atoms with Crippen LogP contribution in [0.1, 0.15) is 67.2 Å². The molecule has 0 saturated carbocycles. The highest BCUT2D eigenvalue weighted by molar-refractivity contribution is 6.09. The number of aromatic nitrogens is 2. The minimum absolute atomic E-state index is 0.262. The standard InChI is InChI=1S/C29H34F2N4O5/c1-17(18-8-6-10-20(12-18)29(30,31)16-36)33-26(37)22-13-21(25(39-5)23-14-32-34-24(22)23)19-9-7-11-35(15-19)27(38)40-28(2,3)4/h6,8-10,12-14,17,36H,7,11,15-16H2,1-5H3,(H,32,34)(H,33,37)/t17-/m1/s1. The van der Waals surface area contributed by atoms with E-state index >= 15 is 0 Å². The van der Waals surface area contributed by atoms with E-state index in [4.69, 9.17) is 14.6 Å². The molecule has 0 fully saturated rings. The molecule has 0 bridgehead atoms. The first-order valence-electron chi connectivity index (χ1n) is 13.0. The molecule has 3 aromatic rings. The molecule has 0 radical (unpaired) electrons. The van der Waals surface area contributed by atoms with E-state index < -0.39 is 36.2 Å². The second-order valence-corrected chi connectivity index (χ2v) is 10.8. The van der Waals surface area contributed by atoms with Gasteiger partial charge in [-0.2, -0.15) is 13.9 Å². The Morgan fingerprint density at radius 1 is 1.25 bits per heavy atom. The lowest BCUT2D eigenvalue weighted by Gasteiger charge is -2.31. The molecule has 3 N–H and O–H groups in total. The van der Waals surface area contributed by atoms with E-state index in [1.807, 2.05) is 26.8 Å². The number of carbonyl (C=O) groups excluding carboxylic acids is 2. The number of ether oxygens (including phenoxy) is 2. The summed E-state index contributed by atoms with van der Waals surface area (Å²) in [6.45, 7) is 6.55. The summed E-state index contributed by atoms with van der Waals surface area (Å²) in [6, 6.07) is 6.65. The second-order valence-electron chi connectivity index (χ2n) is 10.8. The Hall–Kier alpha value is -3.99. The normalized spacial score (nSPS) is 15.0. The quantitative estimate of drug-likeness (QED) is 0.370. The van der Waals surface area contributed by atoms with Crippen molar-refractivity contribution in [2.75, 3.05) is 26.8 Å². The Kier molecular flexibility index (Phi) is 8.15. The van der Waals surface area contributed by atoms with Gasteiger partial charge in [-0.1, -0.05) is 24.3 Å². The molecule has 1 aromatic heterocycles. The van der Waals surface area contributed by atoms with Gasteiger partial charge >= 0.3 is 6.09 Å². The number of nitrogens with one attached hydrogen (secondary N) is 2. The first-order valence-corrected chi connectivity index (χ1v) is 13.0. The number of hydrogen-bond donors (Lipinski definition) is 3. The summed E-state index contributed by atoms with van der Waals surface area (Å²) in [5.41, 5.74) is 1.63. The van der Waals surface area contributed by atoms with Crippen LogP contribution in [0.15, 0.2) is 42.6 Å². The monoisotopic (exact) mass is 556 g/mol. The largest absolute Gasteiger partial charge is 0.495 e. The Bertz CT molecular complexity index is 1440. The smallest absolute Gasteiger partial charge is 0.410 e. The number of fused-ring (bicyclic) bond motifs is 1. The summed E-state index contributed by atoms with van der Waals surface area (Å²) >= 11 is 0. The van der Waals surface area contributed by atoms with Crippen LogP contribution in [0.3, 0.4) is 0 Å². The molecule has 1 aliphatic rings. The molecule has 1 atom stereocenters. The number of aromatic amines is 1. The van der Waals surface area contributed by atoms with Gasteiger partial charge in [0.1, 0.15) is 18.0 Å². The molecule has 214 valence electrons. The number of H-pyrrole nitrogens is 1. The molecule has 40 heavy (non-hydrogen) atoms. The predicted octanol–water partition coefficient (Wildman–Crippen LogP) is 5.17. The van der Waals surface area contributed by atoms with Gasteiger partial charge in [0.25, 0.3) is 11.8 Å². The van der Waals surface area contributed by atoms with E-state index in [-0.39, 0.29) is 17.7 Å². The Morgan fingerprint density at radius 2 is 2.00 bits per heavy atom. The van der Waals surface area contributed by atoms with Crippen molar-refractivity contribution in [1.82, 2.24) is 20.4 Å². The SMILES string of the molecule is COc1c(C2=CCCN(C(=O)OC(C)(C)C)C2)cc(C(=O)N[C@H](C)c2cccc(C(F)(F)CO)c2)c2[nH]ncc12. The van der Waals surface area contributed by atoms with Crippen LogP contribution in [-0.2, 0) is 10.7 Å². The van der Waals surface area contributed by atoms with Crippen molar-refractivity contribution in [3.63, 3.8) is 0 Å². The lowest BCUT2D eigenvalue weighted by atomic mass is 9.95. The minimum atomic E-state index is -3.40. The van der Waals surface area contributed by atoms with Crippen LogP contribution in [0, 0.1) is 0 Å². The van der Waals surface area contributed by atoms with E-state index in [1.165, 1.54) is 25.3 Å². The number of alkyl halides is 2. The molecule has 1 aliphatic heterocycles. The number of halogens is 2. The van der Waals surface area contributed by atoms with Crippen LogP contribution < -0.4 is 10.1 Å². The summed E-state index contributed by atoms with van der Waals surface area (Å²) in [7, 11) is 1.53. The van der Waals surface area contributed by atoms with Gasteiger partial charge in [-0.15, -0.1) is 0 Å². The summed E-state index contributed by atoms with van der Waals surface area (Å²) in [5.74, 6) is -3.34. The second kappa shape index (κ2) is 11.2. The van der Waals surface area contributed by atoms with Crippen LogP contribution in [0.5, 0.6) is 5.75 Å². The van der Waals surface area contributed by atoms with Crippen molar-refractivity contribution in [3.05, 3.63) is 64.9 Å². The van der Waals surface area contributed by atoms with Crippen molar-refractivity contribution in [1.29, 1.82) is 0 Å². The molecule has 4 rings (SSSR count). The molecule has 11 heteroatoms. The highest BCUT2D eigenvalue weighted by Crippen LogP contribution is 2.37. The van der Waals surface area contributed by atoms with Gasteiger partial charge in [0.15, 0.2) is 0 Å². The minimum Gasteiger partial charge on any atom is -0.495 e. The fourth-order valence-electron chi connectivity index (χ4n) is 4.63. The molecular weight excluding hydrogens is 522 g/mol. The molecular formula is C29H34F2N4O5. The first-order chi connectivity index (χ1) is 18.8. The third kappa shape index (κ3) is 6.09. The van der Waals surface area contributed by atoms with Gasteiger partial charge in [0.2, 0.25) is 0 Å². The number of aliphatic hydroxyl groups excluding tert-OH is 1. The molecule has 0 unspecified atom stereocenters. The zero-order chi connectivity index (χ0) is 29.2. The first kappa shape index (κ1) is 29.0. The van der Waals surface area contributed by atoms with E-state index in [0.717, 1.165) is 5.57 Å². The number of hydrogen-bond acceptors (Lipinski definition) is 6. The molecule has 9 nitrogen and oxygen atoms in total. The third-order valence-corrected chi connectivity index (χ3v) is 6.64. The number of aliphatic hydroxyl groups is 1. The molecule has 2 amide bonds. The lowest BCUT2D eigenvalue weighted by Crippen LogP contribution is -2.39. The van der Waals surface area contributed by atoms with Crippen LogP contribution in [0.4, 0.5) is 13.6 Å². The third-order valence-electron chi connectivity index (χ3n) is 6.64. The highest BCUT2D eigenvalue weighted by Gasteiger charge is 2.31. The average Bonchev–Trinajstić information content (AvgIpc) is 3.41. The zero-order valence-corrected chi connectivity index (χ0v) is 23.2. The van der Waals surface area contributed by atoms with Crippen molar-refractivity contribution >= 4 is 28.5 Å². The van der Waals surface area contributed by atoms with Crippen LogP contribution in [0.25, 0.3) is 16.5 Å². The summed E-state index contributed by atoms with van der Waals surface area (Å²) < 4.78 is 39.4. The van der Waals surface area contributed by atoms with Gasteiger partial charge in [-0.25, -0.2) is 4.79 Å². The van der Waals surface area contributed by atoms with Crippen LogP contribution in [0.2, 0.25) is 0 Å². The van der Waals surface area contributed by atoms with E-state index in [0.29, 0.717) is 40.7 Å². The maximum Gasteiger partial charge on any atom is 0.410 e. The molecule has 2 heterocycles. The van der Waals surface area contributed by atoms with Gasteiger partial charge in [0, 0.05) is 24.2 Å². The van der Waals surface area contributed by atoms with Crippen LogP contribution in [-0.4, -0.2) is 64.6 Å². The van der Waals surface area contributed by atoms with Crippen LogP contribution >= 0.6 is 0 Å². The molecule has 0 aliphatic carbocycles. The zero-order valence-electron chi connectivity index (χ0n) is 23.2. The van der Waals surface area contributed by atoms with Gasteiger partial charge in [-0.3, -0.25) is 9.89 Å². The van der Waals surface area contributed by atoms with E-state index in [1.54, 1.807) is 30.2 Å². The summed E-state index contributed by atoms with van der Waals surface area (Å²) in [5, 5.41) is 19.5. The van der Waals surface area contributed by atoms with Gasteiger partial charge in [-0.05, 0) is 57.4 Å². The van der Waals surface area contributed by atoms with E-state index in [9.17, 15) is 18.4 Å². The van der Waals surface area contributed by atoms with E-state index in [2.05, 4.69) is 15.5 Å². The number of benzene rings is 2. The highest BCUT2D eigenvalue weighted by atomic mass is 19.3. The summed E-state index contributed by atoms with van der Waals surface area (Å²) in [4.78, 5) is 27.9. The molecule has 0 saturated heterocycles. The van der Waals surface area contributed by atoms with Crippen molar-refractivity contribution in [2.45, 2.75) is 51.7 Å².